The number of nitrogens with one attached hydrogen (secondary N) is 1. The topological polar surface area (TPSA) is 29.9 Å². The summed E-state index contributed by atoms with van der Waals surface area (Å²) in [6.45, 7) is 2.09. The Morgan fingerprint density at radius 3 is 2.71 bits per heavy atom. The molecule has 2 aromatic carbocycles. The van der Waals surface area contributed by atoms with Crippen LogP contribution in [0.15, 0.2) is 42.5 Å². The van der Waals surface area contributed by atoms with Crippen LogP contribution >= 0.6 is 23.8 Å². The third kappa shape index (κ3) is 2.45. The van der Waals surface area contributed by atoms with Crippen LogP contribution in [0.25, 0.3) is 11.0 Å². The highest BCUT2D eigenvalue weighted by molar-refractivity contribution is 7.71. The predicted molar refractivity (Wildman–Crippen MR) is 88.9 cm³/mol. The van der Waals surface area contributed by atoms with Crippen molar-refractivity contribution in [3.63, 3.8) is 0 Å². The number of benzene rings is 2. The van der Waals surface area contributed by atoms with E-state index in [0.717, 1.165) is 27.4 Å². The maximum Gasteiger partial charge on any atom is 0.178 e. The third-order valence-corrected chi connectivity index (χ3v) is 4.31. The Hall–Kier alpha value is -1.78. The number of H-pyrrole nitrogens is 1. The molecule has 0 spiro atoms. The second-order valence-corrected chi connectivity index (χ2v) is 5.67. The standard InChI is InChI=1S/C16H15ClN2OS/c1-10(12-5-3-4-6-13(12)17)19-15-8-7-11(20-2)9-14(15)18-16(19)21/h3-10H,1-2H3,(H,18,21). The van der Waals surface area contributed by atoms with Crippen LogP contribution in [0.4, 0.5) is 0 Å². The fourth-order valence-corrected chi connectivity index (χ4v) is 3.23. The average molecular weight is 319 g/mol. The van der Waals surface area contributed by atoms with Crippen LogP contribution < -0.4 is 4.74 Å². The molecular formula is C16H15ClN2OS. The normalized spacial score (nSPS) is 12.5. The summed E-state index contributed by atoms with van der Waals surface area (Å²) in [6.07, 6.45) is 0. The molecule has 1 atom stereocenters. The second-order valence-electron chi connectivity index (χ2n) is 4.88. The van der Waals surface area contributed by atoms with Crippen LogP contribution in [0, 0.1) is 4.77 Å². The maximum absolute atomic E-state index is 6.31. The van der Waals surface area contributed by atoms with Crippen molar-refractivity contribution in [3.05, 3.63) is 57.8 Å². The zero-order valence-electron chi connectivity index (χ0n) is 11.8. The first-order valence-electron chi connectivity index (χ1n) is 6.64. The van der Waals surface area contributed by atoms with E-state index in [9.17, 15) is 0 Å². The lowest BCUT2D eigenvalue weighted by molar-refractivity contribution is 0.415. The van der Waals surface area contributed by atoms with E-state index < -0.39 is 0 Å². The van der Waals surface area contributed by atoms with Gasteiger partial charge in [-0.2, -0.15) is 0 Å². The van der Waals surface area contributed by atoms with Crippen LogP contribution in [0.5, 0.6) is 5.75 Å². The average Bonchev–Trinajstić information content (AvgIpc) is 2.81. The SMILES string of the molecule is COc1ccc2c(c1)[nH]c(=S)n2C(C)c1ccccc1Cl. The van der Waals surface area contributed by atoms with Gasteiger partial charge in [0, 0.05) is 11.1 Å². The number of aromatic nitrogens is 2. The number of methoxy groups -OCH3 is 1. The summed E-state index contributed by atoms with van der Waals surface area (Å²) in [6, 6.07) is 13.8. The molecule has 0 saturated carbocycles. The molecule has 21 heavy (non-hydrogen) atoms. The molecule has 1 aromatic heterocycles. The molecule has 0 fully saturated rings. The number of nitrogens with zero attached hydrogens (tertiary/aromatic N) is 1. The first-order chi connectivity index (χ1) is 10.1. The Bertz CT molecular complexity index is 853. The Morgan fingerprint density at radius 2 is 2.00 bits per heavy atom. The summed E-state index contributed by atoms with van der Waals surface area (Å²) in [5, 5.41) is 0.745. The number of imidazole rings is 1. The summed E-state index contributed by atoms with van der Waals surface area (Å²) in [4.78, 5) is 3.23. The summed E-state index contributed by atoms with van der Waals surface area (Å²) in [5.74, 6) is 0.802. The van der Waals surface area contributed by atoms with Gasteiger partial charge in [0.15, 0.2) is 4.77 Å². The Kier molecular flexibility index (Phi) is 3.74. The quantitative estimate of drug-likeness (QED) is 0.691. The first-order valence-corrected chi connectivity index (χ1v) is 7.43. The highest BCUT2D eigenvalue weighted by Crippen LogP contribution is 2.30. The molecule has 0 saturated heterocycles. The number of hydrogen-bond acceptors (Lipinski definition) is 2. The van der Waals surface area contributed by atoms with Gasteiger partial charge in [-0.25, -0.2) is 0 Å². The monoisotopic (exact) mass is 318 g/mol. The van der Waals surface area contributed by atoms with E-state index in [4.69, 9.17) is 28.6 Å². The Balaban J connectivity index is 2.18. The fourth-order valence-electron chi connectivity index (χ4n) is 2.57. The number of rotatable bonds is 3. The van der Waals surface area contributed by atoms with Gasteiger partial charge in [-0.3, -0.25) is 0 Å². The highest BCUT2D eigenvalue weighted by atomic mass is 35.5. The van der Waals surface area contributed by atoms with Crippen molar-refractivity contribution < 1.29 is 4.74 Å². The van der Waals surface area contributed by atoms with Crippen LogP contribution in [0.2, 0.25) is 5.02 Å². The van der Waals surface area contributed by atoms with Crippen LogP contribution in [-0.4, -0.2) is 16.7 Å². The third-order valence-electron chi connectivity index (χ3n) is 3.67. The number of ether oxygens (including phenoxy) is 1. The molecule has 0 aliphatic carbocycles. The van der Waals surface area contributed by atoms with Crippen LogP contribution in [0.1, 0.15) is 18.5 Å². The zero-order valence-corrected chi connectivity index (χ0v) is 13.3. The number of halogens is 1. The van der Waals surface area contributed by atoms with E-state index in [1.807, 2.05) is 42.5 Å². The minimum Gasteiger partial charge on any atom is -0.497 e. The summed E-state index contributed by atoms with van der Waals surface area (Å²) < 4.78 is 8.00. The lowest BCUT2D eigenvalue weighted by Gasteiger charge is -2.16. The van der Waals surface area contributed by atoms with Crippen molar-refractivity contribution in [1.29, 1.82) is 0 Å². The molecule has 0 bridgehead atoms. The molecule has 0 amide bonds. The minimum atomic E-state index is 0.0494. The largest absolute Gasteiger partial charge is 0.497 e. The lowest BCUT2D eigenvalue weighted by atomic mass is 10.1. The van der Waals surface area contributed by atoms with Gasteiger partial charge < -0.3 is 14.3 Å². The molecule has 0 aliphatic rings. The highest BCUT2D eigenvalue weighted by Gasteiger charge is 2.15. The Morgan fingerprint density at radius 1 is 1.24 bits per heavy atom. The molecule has 5 heteroatoms. The van der Waals surface area contributed by atoms with E-state index >= 15 is 0 Å². The predicted octanol–water partition coefficient (Wildman–Crippen LogP) is 4.97. The first kappa shape index (κ1) is 14.2. The second kappa shape index (κ2) is 5.54. The molecule has 1 unspecified atom stereocenters. The summed E-state index contributed by atoms with van der Waals surface area (Å²) >= 11 is 11.8. The van der Waals surface area contributed by atoms with Gasteiger partial charge in [0.05, 0.1) is 24.2 Å². The van der Waals surface area contributed by atoms with Crippen LogP contribution in [-0.2, 0) is 0 Å². The summed E-state index contributed by atoms with van der Waals surface area (Å²) in [7, 11) is 1.65. The van der Waals surface area contributed by atoms with Crippen LogP contribution in [0.3, 0.4) is 0 Å². The molecule has 3 nitrogen and oxygen atoms in total. The van der Waals surface area contributed by atoms with Crippen molar-refractivity contribution in [3.8, 4) is 5.75 Å². The molecule has 3 aromatic rings. The van der Waals surface area contributed by atoms with Gasteiger partial charge in [0.1, 0.15) is 5.75 Å². The molecular weight excluding hydrogens is 304 g/mol. The molecule has 108 valence electrons. The minimum absolute atomic E-state index is 0.0494. The van der Waals surface area contributed by atoms with E-state index in [2.05, 4.69) is 16.5 Å². The van der Waals surface area contributed by atoms with Gasteiger partial charge in [-0.15, -0.1) is 0 Å². The van der Waals surface area contributed by atoms with Gasteiger partial charge in [-0.05, 0) is 42.9 Å². The van der Waals surface area contributed by atoms with E-state index in [1.54, 1.807) is 7.11 Å². The zero-order chi connectivity index (χ0) is 15.0. The fraction of sp³-hybridized carbons (Fsp3) is 0.188. The Labute approximate surface area is 133 Å². The van der Waals surface area contributed by atoms with Gasteiger partial charge in [-0.1, -0.05) is 29.8 Å². The van der Waals surface area contributed by atoms with Gasteiger partial charge in [0.2, 0.25) is 0 Å². The lowest BCUT2D eigenvalue weighted by Crippen LogP contribution is -2.07. The number of fused-ring (bicyclic) bond motifs is 1. The van der Waals surface area contributed by atoms with Crippen molar-refractivity contribution in [2.24, 2.45) is 0 Å². The molecule has 0 aliphatic heterocycles. The molecule has 0 radical (unpaired) electrons. The van der Waals surface area contributed by atoms with Crippen molar-refractivity contribution in [2.45, 2.75) is 13.0 Å². The molecule has 1 heterocycles. The van der Waals surface area contributed by atoms with E-state index in [-0.39, 0.29) is 6.04 Å². The molecule has 1 N–H and O–H groups in total. The van der Waals surface area contributed by atoms with Gasteiger partial charge in [0.25, 0.3) is 0 Å². The molecule has 3 rings (SSSR count). The number of hydrogen-bond donors (Lipinski definition) is 1. The van der Waals surface area contributed by atoms with Crippen molar-refractivity contribution in [1.82, 2.24) is 9.55 Å². The maximum atomic E-state index is 6.31. The van der Waals surface area contributed by atoms with Crippen molar-refractivity contribution in [2.75, 3.05) is 7.11 Å². The van der Waals surface area contributed by atoms with E-state index in [0.29, 0.717) is 4.77 Å². The smallest absolute Gasteiger partial charge is 0.178 e. The van der Waals surface area contributed by atoms with Gasteiger partial charge >= 0.3 is 0 Å². The number of aromatic amines is 1. The van der Waals surface area contributed by atoms with Crippen molar-refractivity contribution >= 4 is 34.9 Å². The van der Waals surface area contributed by atoms with E-state index in [1.165, 1.54) is 0 Å². The summed E-state index contributed by atoms with van der Waals surface area (Å²) in [5.41, 5.74) is 3.04.